The van der Waals surface area contributed by atoms with Crippen molar-refractivity contribution in [2.75, 3.05) is 20.2 Å². The fourth-order valence-corrected chi connectivity index (χ4v) is 9.25. The van der Waals surface area contributed by atoms with Gasteiger partial charge < -0.3 is 34.4 Å². The number of hydrogen-bond acceptors (Lipinski definition) is 6. The van der Waals surface area contributed by atoms with E-state index < -0.39 is 12.1 Å². The number of carbonyl (C=O) groups is 3. The molecule has 334 valence electrons. The highest BCUT2D eigenvalue weighted by molar-refractivity contribution is 5.87. The lowest BCUT2D eigenvalue weighted by Gasteiger charge is -2.30. The molecule has 0 spiro atoms. The van der Waals surface area contributed by atoms with Crippen molar-refractivity contribution in [2.24, 2.45) is 11.8 Å². The quantitative estimate of drug-likeness (QED) is 0.112. The van der Waals surface area contributed by atoms with Gasteiger partial charge in [0.15, 0.2) is 0 Å². The van der Waals surface area contributed by atoms with Crippen LogP contribution in [-0.2, 0) is 19.7 Å². The topological polar surface area (TPSA) is 141 Å². The molecule has 3 N–H and O–H groups in total. The van der Waals surface area contributed by atoms with Gasteiger partial charge in [-0.2, -0.15) is 0 Å². The van der Waals surface area contributed by atoms with Crippen LogP contribution < -0.4 is 5.32 Å². The summed E-state index contributed by atoms with van der Waals surface area (Å²) in [6, 6.07) is 27.3. The number of methoxy groups -OCH3 is 1. The predicted octanol–water partition coefficient (Wildman–Crippen LogP) is 10.6. The first-order valence-corrected chi connectivity index (χ1v) is 22.8. The first-order valence-electron chi connectivity index (χ1n) is 22.8. The molecule has 2 aliphatic heterocycles. The van der Waals surface area contributed by atoms with Gasteiger partial charge in [0.05, 0.1) is 48.7 Å². The fraction of sp³-hybridized carbons (Fsp3) is 0.404. The highest BCUT2D eigenvalue weighted by Gasteiger charge is 2.38. The largest absolute Gasteiger partial charge is 0.453 e. The lowest BCUT2D eigenvalue weighted by Crippen LogP contribution is -2.51. The minimum absolute atomic E-state index is 0.0145. The van der Waals surface area contributed by atoms with Gasteiger partial charge in [0.2, 0.25) is 11.8 Å². The van der Waals surface area contributed by atoms with E-state index in [1.807, 2.05) is 36.0 Å². The lowest BCUT2D eigenvalue weighted by atomic mass is 9.86. The van der Waals surface area contributed by atoms with Crippen molar-refractivity contribution < 1.29 is 19.1 Å². The number of rotatable bonds is 12. The summed E-state index contributed by atoms with van der Waals surface area (Å²) in [7, 11) is 1.30. The Bertz CT molecular complexity index is 2580. The number of carbonyl (C=O) groups excluding carboxylic acids is 3. The van der Waals surface area contributed by atoms with E-state index >= 15 is 0 Å². The minimum atomic E-state index is -0.692. The minimum Gasteiger partial charge on any atom is -0.453 e. The molecule has 2 fully saturated rings. The van der Waals surface area contributed by atoms with Gasteiger partial charge in [-0.05, 0) is 89.0 Å². The third-order valence-electron chi connectivity index (χ3n) is 12.8. The number of H-pyrrole nitrogens is 2. The standard InChI is InChI=1S/C52H62N8O4/c1-32(2)29-45(61)59-26-9-11-43(59)48-53-30-41(55-48)35-15-13-34(14-16-35)40-25-28-58(47(40)37-17-21-38(22-18-37)52(5,6)7)39-23-19-36(20-24-39)42-31-54-49(56-42)44-12-10-27-60(44)50(62)46(33(3)4)57-51(63)64-8/h13-25,28,30-33,43-44,46H,9-12,26-27,29H2,1-8H3,(H,53,55)(H,54,56)(H,57,63)/t43-,44-,46-/m0/s1. The molecule has 8 rings (SSSR count). The van der Waals surface area contributed by atoms with Gasteiger partial charge in [0.25, 0.3) is 0 Å². The van der Waals surface area contributed by atoms with Crippen molar-refractivity contribution in [3.05, 3.63) is 115 Å². The normalized spacial score (nSPS) is 17.1. The van der Waals surface area contributed by atoms with Crippen molar-refractivity contribution in [3.8, 4) is 50.6 Å². The molecule has 2 aliphatic rings. The summed E-state index contributed by atoms with van der Waals surface area (Å²) in [5.41, 5.74) is 10.6. The van der Waals surface area contributed by atoms with Crippen molar-refractivity contribution >= 4 is 17.9 Å². The molecule has 0 bridgehead atoms. The summed E-state index contributed by atoms with van der Waals surface area (Å²) in [6.45, 7) is 16.1. The maximum absolute atomic E-state index is 13.7. The smallest absolute Gasteiger partial charge is 0.407 e. The van der Waals surface area contributed by atoms with Crippen LogP contribution in [0.1, 0.15) is 110 Å². The van der Waals surface area contributed by atoms with E-state index in [1.54, 1.807) is 0 Å². The summed E-state index contributed by atoms with van der Waals surface area (Å²) < 4.78 is 7.05. The van der Waals surface area contributed by atoms with Gasteiger partial charge in [0.1, 0.15) is 17.7 Å². The maximum Gasteiger partial charge on any atom is 0.407 e. The van der Waals surface area contributed by atoms with Gasteiger partial charge in [-0.15, -0.1) is 0 Å². The molecule has 12 heteroatoms. The van der Waals surface area contributed by atoms with Crippen LogP contribution in [0.15, 0.2) is 97.5 Å². The number of likely N-dealkylation sites (tertiary alicyclic amines) is 2. The molecule has 0 radical (unpaired) electrons. The lowest BCUT2D eigenvalue weighted by molar-refractivity contribution is -0.135. The average molecular weight is 863 g/mol. The molecular weight excluding hydrogens is 801 g/mol. The van der Waals surface area contributed by atoms with Crippen LogP contribution >= 0.6 is 0 Å². The monoisotopic (exact) mass is 862 g/mol. The van der Waals surface area contributed by atoms with Crippen LogP contribution in [0.5, 0.6) is 0 Å². The highest BCUT2D eigenvalue weighted by atomic mass is 16.5. The molecule has 2 saturated heterocycles. The Morgan fingerprint density at radius 2 is 1.27 bits per heavy atom. The first-order chi connectivity index (χ1) is 30.7. The van der Waals surface area contributed by atoms with Gasteiger partial charge in [-0.3, -0.25) is 9.59 Å². The third-order valence-corrected chi connectivity index (χ3v) is 12.8. The van der Waals surface area contributed by atoms with E-state index in [1.165, 1.54) is 12.7 Å². The molecule has 0 saturated carbocycles. The number of amides is 3. The second-order valence-electron chi connectivity index (χ2n) is 19.2. The molecule has 3 aromatic carbocycles. The number of alkyl carbamates (subject to hydrolysis) is 1. The summed E-state index contributed by atoms with van der Waals surface area (Å²) in [5, 5.41) is 2.72. The number of imidazole rings is 2. The molecule has 64 heavy (non-hydrogen) atoms. The van der Waals surface area contributed by atoms with Gasteiger partial charge in [0, 0.05) is 37.0 Å². The second-order valence-corrected chi connectivity index (χ2v) is 19.2. The number of ether oxygens (including phenoxy) is 1. The molecule has 0 aliphatic carbocycles. The summed E-state index contributed by atoms with van der Waals surface area (Å²) >= 11 is 0. The van der Waals surface area contributed by atoms with E-state index in [4.69, 9.17) is 14.7 Å². The number of aromatic amines is 2. The molecule has 12 nitrogen and oxygen atoms in total. The van der Waals surface area contributed by atoms with E-state index in [2.05, 4.69) is 140 Å². The summed E-state index contributed by atoms with van der Waals surface area (Å²) in [6.07, 6.45) is 9.33. The number of benzene rings is 3. The molecule has 3 aromatic heterocycles. The molecule has 0 unspecified atom stereocenters. The molecule has 6 aromatic rings. The summed E-state index contributed by atoms with van der Waals surface area (Å²) in [4.78, 5) is 59.2. The predicted molar refractivity (Wildman–Crippen MR) is 252 cm³/mol. The average Bonchev–Trinajstić information content (AvgIpc) is 4.14. The van der Waals surface area contributed by atoms with Crippen LogP contribution in [0.4, 0.5) is 4.79 Å². The van der Waals surface area contributed by atoms with E-state index in [9.17, 15) is 14.4 Å². The Labute approximate surface area is 376 Å². The Kier molecular flexibility index (Phi) is 12.7. The van der Waals surface area contributed by atoms with E-state index in [-0.39, 0.29) is 35.2 Å². The van der Waals surface area contributed by atoms with Crippen LogP contribution in [-0.4, -0.2) is 78.5 Å². The van der Waals surface area contributed by atoms with Gasteiger partial charge in [-0.1, -0.05) is 109 Å². The molecule has 3 amide bonds. The number of nitrogens with one attached hydrogen (secondary N) is 3. The van der Waals surface area contributed by atoms with Gasteiger partial charge >= 0.3 is 6.09 Å². The Hall–Kier alpha value is -6.43. The zero-order valence-corrected chi connectivity index (χ0v) is 38.4. The SMILES string of the molecule is COC(=O)N[C@H](C(=O)N1CCC[C@H]1c1ncc(-c2ccc(-n3ccc(-c4ccc(-c5cnc([C@@H]6CCCN6C(=O)CC(C)C)[nH]5)cc4)c3-c3ccc(C(C)(C)C)cc3)cc2)[nH]1)C(C)C. The highest BCUT2D eigenvalue weighted by Crippen LogP contribution is 2.39. The van der Waals surface area contributed by atoms with Crippen molar-refractivity contribution in [1.82, 2.24) is 39.6 Å². The second kappa shape index (κ2) is 18.3. The summed E-state index contributed by atoms with van der Waals surface area (Å²) in [5.74, 6) is 1.86. The molecule has 3 atom stereocenters. The molecule has 5 heterocycles. The van der Waals surface area contributed by atoms with Crippen LogP contribution in [0.25, 0.3) is 50.6 Å². The van der Waals surface area contributed by atoms with Crippen molar-refractivity contribution in [2.45, 2.75) is 104 Å². The van der Waals surface area contributed by atoms with Crippen LogP contribution in [0.3, 0.4) is 0 Å². The zero-order valence-electron chi connectivity index (χ0n) is 38.4. The van der Waals surface area contributed by atoms with Crippen LogP contribution in [0.2, 0.25) is 0 Å². The first kappa shape index (κ1) is 44.2. The van der Waals surface area contributed by atoms with E-state index in [0.29, 0.717) is 18.9 Å². The Morgan fingerprint density at radius 3 is 1.81 bits per heavy atom. The number of aromatic nitrogens is 5. The Balaban J connectivity index is 1.05. The fourth-order valence-electron chi connectivity index (χ4n) is 9.25. The van der Waals surface area contributed by atoms with Crippen LogP contribution in [0, 0.1) is 11.8 Å². The number of nitrogens with zero attached hydrogens (tertiary/aromatic N) is 5. The zero-order chi connectivity index (χ0) is 45.3. The Morgan fingerprint density at radius 1 is 0.734 bits per heavy atom. The van der Waals surface area contributed by atoms with Crippen molar-refractivity contribution in [3.63, 3.8) is 0 Å². The van der Waals surface area contributed by atoms with Gasteiger partial charge in [-0.25, -0.2) is 14.8 Å². The maximum atomic E-state index is 13.7. The molecular formula is C52H62N8O4. The van der Waals surface area contributed by atoms with Crippen molar-refractivity contribution in [1.29, 1.82) is 0 Å². The number of hydrogen-bond donors (Lipinski definition) is 3. The third kappa shape index (κ3) is 9.14. The van der Waals surface area contributed by atoms with E-state index in [0.717, 1.165) is 94.5 Å².